The van der Waals surface area contributed by atoms with Crippen LogP contribution in [0.15, 0.2) is 0 Å². The maximum Gasteiger partial charge on any atom is 0.329 e. The maximum absolute atomic E-state index is 11.4. The third kappa shape index (κ3) is 1.66. The van der Waals surface area contributed by atoms with Gasteiger partial charge in [-0.25, -0.2) is 9.59 Å². The molecule has 2 N–H and O–H groups in total. The van der Waals surface area contributed by atoms with Crippen LogP contribution in [0.5, 0.6) is 0 Å². The summed E-state index contributed by atoms with van der Waals surface area (Å²) in [5, 5.41) is 11.7. The first-order chi connectivity index (χ1) is 6.52. The van der Waals surface area contributed by atoms with Gasteiger partial charge in [0.1, 0.15) is 5.54 Å². The van der Waals surface area contributed by atoms with Gasteiger partial charge in [-0.3, -0.25) is 0 Å². The summed E-state index contributed by atoms with van der Waals surface area (Å²) in [4.78, 5) is 23.9. The molecule has 1 heterocycles. The molecule has 2 amide bonds. The second kappa shape index (κ2) is 3.86. The Balaban J connectivity index is 2.86. The number of carboxylic acid groups (broad SMARTS) is 1. The Morgan fingerprint density at radius 2 is 2.36 bits per heavy atom. The summed E-state index contributed by atoms with van der Waals surface area (Å²) >= 11 is 0. The van der Waals surface area contributed by atoms with E-state index in [-0.39, 0.29) is 6.03 Å². The Morgan fingerprint density at radius 1 is 1.71 bits per heavy atom. The second-order valence-electron chi connectivity index (χ2n) is 3.71. The molecule has 0 aromatic heterocycles. The van der Waals surface area contributed by atoms with Crippen molar-refractivity contribution in [3.63, 3.8) is 0 Å². The van der Waals surface area contributed by atoms with Crippen LogP contribution in [0, 0.1) is 0 Å². The third-order valence-corrected chi connectivity index (χ3v) is 2.65. The van der Waals surface area contributed by atoms with Gasteiger partial charge in [-0.2, -0.15) is 0 Å². The number of aliphatic carboxylic acids is 1. The van der Waals surface area contributed by atoms with Crippen molar-refractivity contribution in [3.8, 4) is 0 Å². The van der Waals surface area contributed by atoms with Crippen molar-refractivity contribution in [1.82, 2.24) is 10.2 Å². The predicted molar refractivity (Wildman–Crippen MR) is 51.1 cm³/mol. The molecule has 1 rings (SSSR count). The van der Waals surface area contributed by atoms with E-state index in [4.69, 9.17) is 5.11 Å². The molecular weight excluding hydrogens is 184 g/mol. The van der Waals surface area contributed by atoms with Gasteiger partial charge in [0.25, 0.3) is 0 Å². The fraction of sp³-hybridized carbons (Fsp3) is 0.778. The standard InChI is InChI=1S/C9H16N2O3/c1-3-4-9(2,7(12)13)11-6-5-10-8(11)14/h3-6H2,1-2H3,(H,10,14)(H,12,13). The summed E-state index contributed by atoms with van der Waals surface area (Å²) in [5.74, 6) is -0.934. The van der Waals surface area contributed by atoms with Crippen LogP contribution >= 0.6 is 0 Å². The molecule has 1 unspecified atom stereocenters. The first-order valence-corrected chi connectivity index (χ1v) is 4.81. The summed E-state index contributed by atoms with van der Waals surface area (Å²) in [6, 6.07) is -0.275. The molecule has 0 aromatic rings. The average Bonchev–Trinajstić information content (AvgIpc) is 2.51. The van der Waals surface area contributed by atoms with Crippen molar-refractivity contribution < 1.29 is 14.7 Å². The van der Waals surface area contributed by atoms with E-state index in [1.807, 2.05) is 6.92 Å². The first-order valence-electron chi connectivity index (χ1n) is 4.81. The zero-order valence-corrected chi connectivity index (χ0v) is 8.54. The maximum atomic E-state index is 11.4. The molecule has 0 aliphatic carbocycles. The van der Waals surface area contributed by atoms with Gasteiger partial charge >= 0.3 is 12.0 Å². The Hall–Kier alpha value is -1.26. The number of amides is 2. The number of carboxylic acids is 1. The molecule has 5 heteroatoms. The molecule has 1 aliphatic rings. The number of nitrogens with one attached hydrogen (secondary N) is 1. The average molecular weight is 200 g/mol. The Kier molecular flexibility index (Phi) is 2.98. The number of carbonyl (C=O) groups is 2. The van der Waals surface area contributed by atoms with Crippen molar-refractivity contribution in [2.24, 2.45) is 0 Å². The summed E-state index contributed by atoms with van der Waals surface area (Å²) in [5.41, 5.74) is -1.06. The molecular formula is C9H16N2O3. The van der Waals surface area contributed by atoms with Crippen LogP contribution in [0.1, 0.15) is 26.7 Å². The highest BCUT2D eigenvalue weighted by molar-refractivity contribution is 5.87. The zero-order valence-electron chi connectivity index (χ0n) is 8.54. The lowest BCUT2D eigenvalue weighted by molar-refractivity contribution is -0.148. The van der Waals surface area contributed by atoms with E-state index < -0.39 is 11.5 Å². The molecule has 1 fully saturated rings. The third-order valence-electron chi connectivity index (χ3n) is 2.65. The van der Waals surface area contributed by atoms with Crippen LogP contribution in [-0.4, -0.2) is 40.6 Å². The summed E-state index contributed by atoms with van der Waals surface area (Å²) in [6.07, 6.45) is 1.22. The molecule has 14 heavy (non-hydrogen) atoms. The summed E-state index contributed by atoms with van der Waals surface area (Å²) in [6.45, 7) is 4.52. The van der Waals surface area contributed by atoms with Crippen molar-refractivity contribution in [1.29, 1.82) is 0 Å². The summed E-state index contributed by atoms with van der Waals surface area (Å²) in [7, 11) is 0. The van der Waals surface area contributed by atoms with E-state index in [2.05, 4.69) is 5.32 Å². The minimum Gasteiger partial charge on any atom is -0.480 e. The van der Waals surface area contributed by atoms with Gasteiger partial charge in [-0.15, -0.1) is 0 Å². The number of hydrogen-bond donors (Lipinski definition) is 2. The smallest absolute Gasteiger partial charge is 0.329 e. The fourth-order valence-electron chi connectivity index (χ4n) is 1.79. The van der Waals surface area contributed by atoms with E-state index >= 15 is 0 Å². The Labute approximate surface area is 83.1 Å². The van der Waals surface area contributed by atoms with Crippen LogP contribution < -0.4 is 5.32 Å². The van der Waals surface area contributed by atoms with Gasteiger partial charge in [0.05, 0.1) is 0 Å². The normalized spacial score (nSPS) is 20.4. The highest BCUT2D eigenvalue weighted by Crippen LogP contribution is 2.23. The molecule has 5 nitrogen and oxygen atoms in total. The fourth-order valence-corrected chi connectivity index (χ4v) is 1.79. The largest absolute Gasteiger partial charge is 0.480 e. The second-order valence-corrected chi connectivity index (χ2v) is 3.71. The van der Waals surface area contributed by atoms with E-state index in [0.29, 0.717) is 19.5 Å². The van der Waals surface area contributed by atoms with Crippen LogP contribution in [-0.2, 0) is 4.79 Å². The van der Waals surface area contributed by atoms with Crippen molar-refractivity contribution in [3.05, 3.63) is 0 Å². The molecule has 0 radical (unpaired) electrons. The van der Waals surface area contributed by atoms with Gasteiger partial charge in [-0.05, 0) is 13.3 Å². The monoisotopic (exact) mass is 200 g/mol. The van der Waals surface area contributed by atoms with Crippen LogP contribution in [0.25, 0.3) is 0 Å². The quantitative estimate of drug-likeness (QED) is 0.700. The van der Waals surface area contributed by atoms with Gasteiger partial charge < -0.3 is 15.3 Å². The van der Waals surface area contributed by atoms with Crippen molar-refractivity contribution >= 4 is 12.0 Å². The number of hydrogen-bond acceptors (Lipinski definition) is 2. The van der Waals surface area contributed by atoms with Crippen LogP contribution in [0.3, 0.4) is 0 Å². The van der Waals surface area contributed by atoms with Gasteiger partial charge in [0.2, 0.25) is 0 Å². The van der Waals surface area contributed by atoms with Crippen molar-refractivity contribution in [2.75, 3.05) is 13.1 Å². The molecule has 1 atom stereocenters. The molecule has 0 aromatic carbocycles. The van der Waals surface area contributed by atoms with E-state index in [1.165, 1.54) is 4.90 Å². The lowest BCUT2D eigenvalue weighted by Gasteiger charge is -2.33. The zero-order chi connectivity index (χ0) is 10.8. The molecule has 0 bridgehead atoms. The molecule has 0 saturated carbocycles. The highest BCUT2D eigenvalue weighted by Gasteiger charge is 2.43. The van der Waals surface area contributed by atoms with E-state index in [9.17, 15) is 9.59 Å². The lowest BCUT2D eigenvalue weighted by atomic mass is 9.94. The Bertz CT molecular complexity index is 254. The minimum absolute atomic E-state index is 0.275. The number of carbonyl (C=O) groups excluding carboxylic acids is 1. The SMILES string of the molecule is CCCC(C)(C(=O)O)N1CCNC1=O. The van der Waals surface area contributed by atoms with E-state index in [1.54, 1.807) is 6.92 Å². The highest BCUT2D eigenvalue weighted by atomic mass is 16.4. The van der Waals surface area contributed by atoms with E-state index in [0.717, 1.165) is 6.42 Å². The first kappa shape index (κ1) is 10.8. The molecule has 1 aliphatic heterocycles. The number of urea groups is 1. The van der Waals surface area contributed by atoms with Crippen LogP contribution in [0.4, 0.5) is 4.79 Å². The molecule has 1 saturated heterocycles. The van der Waals surface area contributed by atoms with Crippen LogP contribution in [0.2, 0.25) is 0 Å². The lowest BCUT2D eigenvalue weighted by Crippen LogP contribution is -2.53. The molecule has 80 valence electrons. The van der Waals surface area contributed by atoms with Gasteiger partial charge in [0.15, 0.2) is 0 Å². The topological polar surface area (TPSA) is 69.6 Å². The van der Waals surface area contributed by atoms with Gasteiger partial charge in [0, 0.05) is 13.1 Å². The Morgan fingerprint density at radius 3 is 2.71 bits per heavy atom. The molecule has 0 spiro atoms. The predicted octanol–water partition coefficient (Wildman–Crippen LogP) is 0.655. The minimum atomic E-state index is -1.06. The number of rotatable bonds is 4. The van der Waals surface area contributed by atoms with Gasteiger partial charge in [-0.1, -0.05) is 13.3 Å². The summed E-state index contributed by atoms with van der Waals surface area (Å²) < 4.78 is 0. The van der Waals surface area contributed by atoms with Crippen molar-refractivity contribution in [2.45, 2.75) is 32.2 Å². The number of nitrogens with zero attached hydrogens (tertiary/aromatic N) is 1.